The molecule has 56 heavy (non-hydrogen) atoms. The van der Waals surface area contributed by atoms with E-state index >= 15 is 4.79 Å². The van der Waals surface area contributed by atoms with E-state index < -0.39 is 42.6 Å². The van der Waals surface area contributed by atoms with Crippen molar-refractivity contribution in [2.45, 2.75) is 69.8 Å². The molecule has 0 radical (unpaired) electrons. The second-order valence-corrected chi connectivity index (χ2v) is 19.8. The zero-order chi connectivity index (χ0) is 40.4. The van der Waals surface area contributed by atoms with Gasteiger partial charge in [0.1, 0.15) is 11.9 Å². The molecule has 6 rings (SSSR count). The molecule has 1 fully saturated rings. The van der Waals surface area contributed by atoms with Crippen molar-refractivity contribution in [1.82, 2.24) is 4.90 Å². The number of anilines is 2. The van der Waals surface area contributed by atoms with E-state index in [0.717, 1.165) is 16.3 Å². The number of nitrogens with one attached hydrogen (secondary N) is 1. The minimum Gasteiger partial charge on any atom is -0.497 e. The van der Waals surface area contributed by atoms with Gasteiger partial charge in [-0.1, -0.05) is 79.8 Å². The number of hydrogen-bond donors (Lipinski definition) is 3. The van der Waals surface area contributed by atoms with Crippen molar-refractivity contribution in [3.63, 3.8) is 0 Å². The molecule has 0 unspecified atom stereocenters. The van der Waals surface area contributed by atoms with Gasteiger partial charge in [-0.2, -0.15) is 0 Å². The van der Waals surface area contributed by atoms with E-state index in [0.29, 0.717) is 22.7 Å². The Kier molecular flexibility index (Phi) is 11.8. The number of nitro groups is 1. The van der Waals surface area contributed by atoms with Gasteiger partial charge in [-0.3, -0.25) is 24.5 Å². The molecular weight excluding hydrogens is 733 g/mol. The number of rotatable bonds is 14. The first-order chi connectivity index (χ1) is 26.7. The van der Waals surface area contributed by atoms with Crippen LogP contribution in [0.5, 0.6) is 5.75 Å². The lowest BCUT2D eigenvalue weighted by Crippen LogP contribution is -2.52. The fraction of sp³-hybridized carbons (Fsp3) is 0.357. The molecule has 3 N–H and O–H groups in total. The Morgan fingerprint density at radius 3 is 2.32 bits per heavy atom. The van der Waals surface area contributed by atoms with E-state index in [-0.39, 0.29) is 55.7 Å². The monoisotopic (exact) mass is 780 g/mol. The summed E-state index contributed by atoms with van der Waals surface area (Å²) in [5.41, 5.74) is 0.776. The second-order valence-electron chi connectivity index (χ2n) is 15.1. The number of amides is 3. The Morgan fingerprint density at radius 2 is 1.71 bits per heavy atom. The van der Waals surface area contributed by atoms with Gasteiger partial charge in [0.05, 0.1) is 51.5 Å². The van der Waals surface area contributed by atoms with E-state index in [1.54, 1.807) is 47.2 Å². The van der Waals surface area contributed by atoms with Gasteiger partial charge in [-0.25, -0.2) is 0 Å². The first kappa shape index (κ1) is 40.3. The average Bonchev–Trinajstić information content (AvgIpc) is 3.61. The number of nitro benzene ring substituents is 1. The van der Waals surface area contributed by atoms with Gasteiger partial charge >= 0.3 is 0 Å². The lowest BCUT2D eigenvalue weighted by molar-refractivity contribution is -0.385. The van der Waals surface area contributed by atoms with Crippen molar-refractivity contribution in [2.75, 3.05) is 30.5 Å². The Balaban J connectivity index is 1.42. The lowest BCUT2D eigenvalue weighted by Gasteiger charge is -2.37. The highest BCUT2D eigenvalue weighted by molar-refractivity contribution is 6.91. The van der Waals surface area contributed by atoms with E-state index in [9.17, 15) is 29.9 Å². The van der Waals surface area contributed by atoms with Gasteiger partial charge in [-0.15, -0.1) is 0 Å². The number of hydrogen-bond acceptors (Lipinski definition) is 9. The number of aliphatic hydroxyl groups excluding tert-OH is 2. The van der Waals surface area contributed by atoms with Crippen molar-refractivity contribution < 1.29 is 39.0 Å². The summed E-state index contributed by atoms with van der Waals surface area (Å²) in [6.45, 7) is 7.94. The van der Waals surface area contributed by atoms with Crippen LogP contribution in [0.1, 0.15) is 37.0 Å². The van der Waals surface area contributed by atoms with Crippen LogP contribution in [0.2, 0.25) is 18.6 Å². The van der Waals surface area contributed by atoms with Crippen LogP contribution in [0.25, 0.3) is 0 Å². The lowest BCUT2D eigenvalue weighted by atomic mass is 9.82. The quantitative estimate of drug-likeness (QED) is 0.0895. The van der Waals surface area contributed by atoms with Crippen molar-refractivity contribution in [1.29, 1.82) is 0 Å². The molecule has 0 saturated carbocycles. The number of ether oxygens (including phenoxy) is 2. The zero-order valence-electron chi connectivity index (χ0n) is 32.2. The van der Waals surface area contributed by atoms with Gasteiger partial charge in [0.15, 0.2) is 5.60 Å². The smallest absolute Gasteiger partial charge is 0.269 e. The van der Waals surface area contributed by atoms with E-state index in [1.807, 2.05) is 61.5 Å². The van der Waals surface area contributed by atoms with Crippen LogP contribution in [-0.4, -0.2) is 78.3 Å². The SMILES string of the molecule is COc1ccc([Si](C)(C)[C@H]2[C@H](CC(=O)N(CCO)Cc3ccccc3)O[C@@]3(C(=O)N(Cc4ccc(NC(=O)[C@H](C)O)cc4)c4ccc([N+](=O)[O-])cc43)[C@@H]2C)cc1. The van der Waals surface area contributed by atoms with Crippen LogP contribution in [0.3, 0.4) is 0 Å². The molecule has 2 aliphatic rings. The van der Waals surface area contributed by atoms with Gasteiger partial charge in [0.2, 0.25) is 5.91 Å². The second kappa shape index (κ2) is 16.4. The number of carbonyl (C=O) groups excluding carboxylic acids is 3. The molecule has 4 aromatic rings. The maximum Gasteiger partial charge on any atom is 0.269 e. The summed E-state index contributed by atoms with van der Waals surface area (Å²) < 4.78 is 12.5. The summed E-state index contributed by atoms with van der Waals surface area (Å²) in [6.07, 6.45) is -2.02. The van der Waals surface area contributed by atoms with E-state index in [2.05, 4.69) is 18.4 Å². The molecule has 5 atom stereocenters. The Morgan fingerprint density at radius 1 is 1.04 bits per heavy atom. The summed E-state index contributed by atoms with van der Waals surface area (Å²) in [5.74, 6) is -1.02. The average molecular weight is 781 g/mol. The van der Waals surface area contributed by atoms with Gasteiger partial charge in [-0.05, 0) is 53.9 Å². The van der Waals surface area contributed by atoms with Gasteiger partial charge in [0.25, 0.3) is 17.5 Å². The third-order valence-electron chi connectivity index (χ3n) is 11.3. The molecule has 2 aliphatic heterocycles. The first-order valence-electron chi connectivity index (χ1n) is 18.6. The topological polar surface area (TPSA) is 172 Å². The van der Waals surface area contributed by atoms with E-state index in [4.69, 9.17) is 9.47 Å². The fourth-order valence-corrected chi connectivity index (χ4v) is 12.4. The molecule has 1 saturated heterocycles. The third-order valence-corrected chi connectivity index (χ3v) is 15.6. The summed E-state index contributed by atoms with van der Waals surface area (Å²) in [6, 6.07) is 28.6. The van der Waals surface area contributed by atoms with E-state index in [1.165, 1.54) is 19.1 Å². The summed E-state index contributed by atoms with van der Waals surface area (Å²) >= 11 is 0. The summed E-state index contributed by atoms with van der Waals surface area (Å²) in [5, 5.41) is 35.5. The first-order valence-corrected chi connectivity index (χ1v) is 21.7. The number of aliphatic hydroxyl groups is 2. The van der Waals surface area contributed by atoms with Crippen LogP contribution >= 0.6 is 0 Å². The summed E-state index contributed by atoms with van der Waals surface area (Å²) in [4.78, 5) is 56.4. The molecule has 294 valence electrons. The molecule has 0 aromatic heterocycles. The Hall–Kier alpha value is -5.41. The summed E-state index contributed by atoms with van der Waals surface area (Å²) in [7, 11) is -1.07. The number of methoxy groups -OCH3 is 1. The maximum atomic E-state index is 15.2. The van der Waals surface area contributed by atoms with Crippen molar-refractivity contribution in [2.24, 2.45) is 5.92 Å². The minimum atomic E-state index is -2.66. The van der Waals surface area contributed by atoms with Crippen molar-refractivity contribution >= 4 is 48.0 Å². The number of carbonyl (C=O) groups is 3. The number of benzene rings is 4. The molecule has 4 aromatic carbocycles. The highest BCUT2D eigenvalue weighted by Crippen LogP contribution is 2.60. The minimum absolute atomic E-state index is 0.0760. The molecule has 2 heterocycles. The number of fused-ring (bicyclic) bond motifs is 2. The van der Waals surface area contributed by atoms with Gasteiger partial charge < -0.3 is 34.8 Å². The molecule has 0 aliphatic carbocycles. The zero-order valence-corrected chi connectivity index (χ0v) is 33.2. The van der Waals surface area contributed by atoms with Crippen molar-refractivity contribution in [3.05, 3.63) is 124 Å². The Bertz CT molecular complexity index is 2080. The van der Waals surface area contributed by atoms with Gasteiger partial charge in [0, 0.05) is 42.4 Å². The molecule has 13 nitrogen and oxygen atoms in total. The predicted molar refractivity (Wildman–Crippen MR) is 214 cm³/mol. The highest BCUT2D eigenvalue weighted by atomic mass is 28.3. The fourth-order valence-electron chi connectivity index (χ4n) is 8.41. The Labute approximate surface area is 327 Å². The molecule has 0 bridgehead atoms. The normalized spacial score (nSPS) is 20.8. The van der Waals surface area contributed by atoms with Crippen LogP contribution in [0, 0.1) is 16.0 Å². The number of non-ortho nitro benzene ring substituents is 1. The molecular formula is C42H48N4O9Si. The maximum absolute atomic E-state index is 15.2. The molecule has 14 heteroatoms. The largest absolute Gasteiger partial charge is 0.497 e. The predicted octanol–water partition coefficient (Wildman–Crippen LogP) is 5.10. The van der Waals surface area contributed by atoms with Crippen LogP contribution in [-0.2, 0) is 37.8 Å². The van der Waals surface area contributed by atoms with Crippen LogP contribution in [0.15, 0.2) is 97.1 Å². The highest BCUT2D eigenvalue weighted by Gasteiger charge is 2.66. The molecule has 1 spiro atoms. The standard InChI is InChI=1S/C42H48N4O9Si/c1-27-39(56(4,5)34-18-16-33(54-3)17-19-34)37(24-38(49)44(21-22-47)25-29-9-7-6-8-10-29)55-42(27)35-23-32(46(52)53)15-20-36(35)45(41(42)51)26-30-11-13-31(14-12-30)43-40(50)28(2)48/h6-20,23,27-28,37,39,47-48H,21-22,24-26H2,1-5H3,(H,43,50)/t27-,28+,37+,39-,42+/m1/s1. The number of nitrogens with zero attached hydrogens (tertiary/aromatic N) is 3. The molecule has 3 amide bonds. The van der Waals surface area contributed by atoms with Crippen LogP contribution < -0.4 is 20.1 Å². The van der Waals surface area contributed by atoms with Crippen LogP contribution in [0.4, 0.5) is 17.1 Å². The van der Waals surface area contributed by atoms with Crippen molar-refractivity contribution in [3.8, 4) is 5.75 Å². The third kappa shape index (κ3) is 7.69.